The summed E-state index contributed by atoms with van der Waals surface area (Å²) in [6, 6.07) is 7.93. The van der Waals surface area contributed by atoms with Crippen LogP contribution in [0.5, 0.6) is 0 Å². The summed E-state index contributed by atoms with van der Waals surface area (Å²) in [5.41, 5.74) is 1.44. The van der Waals surface area contributed by atoms with Crippen LogP contribution in [0, 0.1) is 24.5 Å². The first-order valence-electron chi connectivity index (χ1n) is 9.34. The van der Waals surface area contributed by atoms with E-state index in [1.165, 1.54) is 0 Å². The molecule has 148 valence electrons. The van der Waals surface area contributed by atoms with Gasteiger partial charge in [0.15, 0.2) is 0 Å². The van der Waals surface area contributed by atoms with Gasteiger partial charge in [0.1, 0.15) is 11.6 Å². The topological polar surface area (TPSA) is 46.2 Å². The zero-order valence-electron chi connectivity index (χ0n) is 16.1. The molecule has 0 bridgehead atoms. The molecule has 0 amide bonds. The molecule has 0 fully saturated rings. The van der Waals surface area contributed by atoms with Crippen molar-refractivity contribution in [3.63, 3.8) is 0 Å². The first kappa shape index (κ1) is 21.4. The van der Waals surface area contributed by atoms with Gasteiger partial charge in [-0.2, -0.15) is 0 Å². The van der Waals surface area contributed by atoms with E-state index in [4.69, 9.17) is 0 Å². The zero-order chi connectivity index (χ0) is 20.0. The second kappa shape index (κ2) is 9.31. The summed E-state index contributed by atoms with van der Waals surface area (Å²) in [4.78, 5) is 0.145. The van der Waals surface area contributed by atoms with E-state index in [2.05, 4.69) is 18.6 Å². The second-order valence-electron chi connectivity index (χ2n) is 6.96. The quantitative estimate of drug-likeness (QED) is 0.580. The Kier molecular flexibility index (Phi) is 7.36. The number of anilines is 1. The standard InChI is InChI=1S/C21H27F2NO2S/c1-4-6-7-16(5-2)13-17-12-15(3)8-11-21(17)27(25,26)24-20-10-9-18(22)14-19(20)23/h8-12,14,16,24H,4-7,13H2,1-3H3. The van der Waals surface area contributed by atoms with Gasteiger partial charge < -0.3 is 0 Å². The minimum atomic E-state index is -3.98. The first-order valence-corrected chi connectivity index (χ1v) is 10.8. The minimum Gasteiger partial charge on any atom is -0.277 e. The molecule has 0 aliphatic carbocycles. The van der Waals surface area contributed by atoms with E-state index in [1.807, 2.05) is 13.0 Å². The average molecular weight is 396 g/mol. The smallest absolute Gasteiger partial charge is 0.262 e. The molecule has 27 heavy (non-hydrogen) atoms. The van der Waals surface area contributed by atoms with Crippen LogP contribution >= 0.6 is 0 Å². The van der Waals surface area contributed by atoms with Gasteiger partial charge in [-0.3, -0.25) is 4.72 Å². The number of sulfonamides is 1. The molecule has 3 nitrogen and oxygen atoms in total. The largest absolute Gasteiger partial charge is 0.277 e. The summed E-state index contributed by atoms with van der Waals surface area (Å²) in [5, 5.41) is 0. The molecule has 0 heterocycles. The lowest BCUT2D eigenvalue weighted by molar-refractivity contribution is 0.446. The van der Waals surface area contributed by atoms with Crippen molar-refractivity contribution in [2.24, 2.45) is 5.92 Å². The van der Waals surface area contributed by atoms with Crippen LogP contribution in [0.15, 0.2) is 41.3 Å². The van der Waals surface area contributed by atoms with Crippen LogP contribution in [0.2, 0.25) is 0 Å². The van der Waals surface area contributed by atoms with Crippen LogP contribution in [0.1, 0.15) is 50.7 Å². The van der Waals surface area contributed by atoms with Crippen molar-refractivity contribution in [1.29, 1.82) is 0 Å². The molecule has 2 aromatic rings. The van der Waals surface area contributed by atoms with E-state index in [1.54, 1.807) is 12.1 Å². The molecule has 0 aromatic heterocycles. The monoisotopic (exact) mass is 395 g/mol. The van der Waals surface area contributed by atoms with Gasteiger partial charge in [-0.1, -0.05) is 57.2 Å². The maximum Gasteiger partial charge on any atom is 0.262 e. The van der Waals surface area contributed by atoms with E-state index in [-0.39, 0.29) is 10.6 Å². The van der Waals surface area contributed by atoms with Crippen molar-refractivity contribution >= 4 is 15.7 Å². The van der Waals surface area contributed by atoms with Gasteiger partial charge in [0.05, 0.1) is 10.6 Å². The van der Waals surface area contributed by atoms with Gasteiger partial charge in [-0.05, 0) is 43.0 Å². The highest BCUT2D eigenvalue weighted by atomic mass is 32.2. The zero-order valence-corrected chi connectivity index (χ0v) is 16.9. The number of benzene rings is 2. The predicted molar refractivity (Wildman–Crippen MR) is 105 cm³/mol. The normalized spacial score (nSPS) is 12.8. The van der Waals surface area contributed by atoms with Gasteiger partial charge in [0.25, 0.3) is 10.0 Å². The first-order chi connectivity index (χ1) is 12.8. The third-order valence-electron chi connectivity index (χ3n) is 4.73. The summed E-state index contributed by atoms with van der Waals surface area (Å²) < 4.78 is 55.0. The Balaban J connectivity index is 2.35. The molecule has 1 atom stereocenters. The van der Waals surface area contributed by atoms with Crippen molar-refractivity contribution in [2.45, 2.75) is 57.8 Å². The fourth-order valence-electron chi connectivity index (χ4n) is 3.16. The molecule has 1 unspecified atom stereocenters. The van der Waals surface area contributed by atoms with Gasteiger partial charge in [0.2, 0.25) is 0 Å². The molecule has 0 aliphatic rings. The Hall–Kier alpha value is -1.95. The Bertz CT molecular complexity index is 882. The van der Waals surface area contributed by atoms with Gasteiger partial charge in [-0.15, -0.1) is 0 Å². The van der Waals surface area contributed by atoms with Gasteiger partial charge >= 0.3 is 0 Å². The third-order valence-corrected chi connectivity index (χ3v) is 6.20. The molecular weight excluding hydrogens is 368 g/mol. The molecule has 0 spiro atoms. The summed E-state index contributed by atoms with van der Waals surface area (Å²) in [7, 11) is -3.98. The molecule has 0 saturated carbocycles. The highest BCUT2D eigenvalue weighted by Gasteiger charge is 2.22. The van der Waals surface area contributed by atoms with Gasteiger partial charge in [0, 0.05) is 6.07 Å². The number of aryl methyl sites for hydroxylation is 1. The number of hydrogen-bond acceptors (Lipinski definition) is 2. The van der Waals surface area contributed by atoms with E-state index >= 15 is 0 Å². The lowest BCUT2D eigenvalue weighted by atomic mass is 9.91. The van der Waals surface area contributed by atoms with Crippen LogP contribution in [0.3, 0.4) is 0 Å². The maximum atomic E-state index is 13.9. The Morgan fingerprint density at radius 1 is 1.07 bits per heavy atom. The predicted octanol–water partition coefficient (Wildman–Crippen LogP) is 5.83. The van der Waals surface area contributed by atoms with E-state index in [0.717, 1.165) is 48.9 Å². The maximum absolute atomic E-state index is 13.9. The number of hydrogen-bond donors (Lipinski definition) is 1. The number of nitrogens with one attached hydrogen (secondary N) is 1. The van der Waals surface area contributed by atoms with Crippen LogP contribution in [0.25, 0.3) is 0 Å². The lowest BCUT2D eigenvalue weighted by Crippen LogP contribution is -2.17. The fraction of sp³-hybridized carbons (Fsp3) is 0.429. The molecule has 2 aromatic carbocycles. The van der Waals surface area contributed by atoms with Crippen molar-refractivity contribution in [1.82, 2.24) is 0 Å². The Labute approximate surface area is 160 Å². The number of halogens is 2. The van der Waals surface area contributed by atoms with Crippen LogP contribution in [0.4, 0.5) is 14.5 Å². The van der Waals surface area contributed by atoms with Crippen molar-refractivity contribution in [3.05, 3.63) is 59.2 Å². The molecule has 1 N–H and O–H groups in total. The summed E-state index contributed by atoms with van der Waals surface area (Å²) >= 11 is 0. The molecule has 6 heteroatoms. The molecule has 2 rings (SSSR count). The highest BCUT2D eigenvalue weighted by molar-refractivity contribution is 7.92. The van der Waals surface area contributed by atoms with E-state index in [9.17, 15) is 17.2 Å². The summed E-state index contributed by atoms with van der Waals surface area (Å²) in [5.74, 6) is -1.31. The average Bonchev–Trinajstić information content (AvgIpc) is 2.60. The lowest BCUT2D eigenvalue weighted by Gasteiger charge is -2.18. The Morgan fingerprint density at radius 2 is 1.81 bits per heavy atom. The second-order valence-corrected chi connectivity index (χ2v) is 8.61. The fourth-order valence-corrected chi connectivity index (χ4v) is 4.46. The highest BCUT2D eigenvalue weighted by Crippen LogP contribution is 2.27. The van der Waals surface area contributed by atoms with Crippen molar-refractivity contribution < 1.29 is 17.2 Å². The molecule has 0 aliphatic heterocycles. The molecule has 0 saturated heterocycles. The van der Waals surface area contributed by atoms with Crippen molar-refractivity contribution in [2.75, 3.05) is 4.72 Å². The van der Waals surface area contributed by atoms with Crippen LogP contribution < -0.4 is 4.72 Å². The summed E-state index contributed by atoms with van der Waals surface area (Å²) in [6.07, 6.45) is 4.86. The molecular formula is C21H27F2NO2S. The Morgan fingerprint density at radius 3 is 2.44 bits per heavy atom. The minimum absolute atomic E-state index is 0.145. The SMILES string of the molecule is CCCCC(CC)Cc1cc(C)ccc1S(=O)(=O)Nc1ccc(F)cc1F. The summed E-state index contributed by atoms with van der Waals surface area (Å²) in [6.45, 7) is 6.16. The van der Waals surface area contributed by atoms with Gasteiger partial charge in [-0.25, -0.2) is 17.2 Å². The van der Waals surface area contributed by atoms with Crippen molar-refractivity contribution in [3.8, 4) is 0 Å². The molecule has 0 radical (unpaired) electrons. The third kappa shape index (κ3) is 5.76. The van der Waals surface area contributed by atoms with Crippen LogP contribution in [-0.2, 0) is 16.4 Å². The van der Waals surface area contributed by atoms with Crippen LogP contribution in [-0.4, -0.2) is 8.42 Å². The number of unbranched alkanes of at least 4 members (excludes halogenated alkanes) is 1. The van der Waals surface area contributed by atoms with E-state index in [0.29, 0.717) is 18.4 Å². The van der Waals surface area contributed by atoms with E-state index < -0.39 is 21.7 Å². The number of rotatable bonds is 9.